The number of phosphoric acid groups is 1. The molecule has 1 rings (SSSR count). The number of hydrogen-bond acceptors (Lipinski definition) is 5. The number of unbranched alkanes of at least 4 members (excludes halogenated alkanes) is 5. The van der Waals surface area contributed by atoms with Crippen molar-refractivity contribution in [1.29, 1.82) is 0 Å². The van der Waals surface area contributed by atoms with E-state index in [1.807, 2.05) is 33.3 Å². The SMILES string of the molecule is CC(C)(C)c1ccc(OCCCCCCCCOP(=O)(O)O[C@H](CC(=O)O)C[N+](C)(C)C)cc1. The van der Waals surface area contributed by atoms with E-state index in [4.69, 9.17) is 18.9 Å². The number of benzene rings is 1. The van der Waals surface area contributed by atoms with E-state index in [0.29, 0.717) is 17.5 Å². The second-order valence-electron chi connectivity index (χ2n) is 10.8. The van der Waals surface area contributed by atoms with E-state index < -0.39 is 19.9 Å². The highest BCUT2D eigenvalue weighted by atomic mass is 31.2. The van der Waals surface area contributed by atoms with E-state index >= 15 is 0 Å². The molecule has 8 nitrogen and oxygen atoms in total. The Morgan fingerprint density at radius 1 is 0.971 bits per heavy atom. The Kier molecular flexibility index (Phi) is 12.8. The minimum Gasteiger partial charge on any atom is -0.494 e. The smallest absolute Gasteiger partial charge is 0.472 e. The molecule has 2 N–H and O–H groups in total. The Bertz CT molecular complexity index is 769. The summed E-state index contributed by atoms with van der Waals surface area (Å²) < 4.78 is 28.6. The molecule has 0 bridgehead atoms. The zero-order chi connectivity index (χ0) is 25.8. The minimum atomic E-state index is -4.29. The first-order valence-electron chi connectivity index (χ1n) is 12.1. The Balaban J connectivity index is 2.15. The van der Waals surface area contributed by atoms with Gasteiger partial charge in [-0.2, -0.15) is 0 Å². The zero-order valence-corrected chi connectivity index (χ0v) is 22.7. The third kappa shape index (κ3) is 14.7. The lowest BCUT2D eigenvalue weighted by Gasteiger charge is -2.29. The van der Waals surface area contributed by atoms with Crippen molar-refractivity contribution in [3.05, 3.63) is 29.8 Å². The average molecular weight is 503 g/mol. The van der Waals surface area contributed by atoms with Crippen LogP contribution in [0, 0.1) is 0 Å². The van der Waals surface area contributed by atoms with Crippen molar-refractivity contribution in [2.24, 2.45) is 0 Å². The fourth-order valence-corrected chi connectivity index (χ4v) is 4.43. The molecule has 0 saturated carbocycles. The van der Waals surface area contributed by atoms with Gasteiger partial charge in [-0.3, -0.25) is 13.8 Å². The number of carboxylic acid groups (broad SMARTS) is 1. The van der Waals surface area contributed by atoms with Crippen LogP contribution in [0.15, 0.2) is 24.3 Å². The molecule has 2 atom stereocenters. The Morgan fingerprint density at radius 3 is 2.00 bits per heavy atom. The van der Waals surface area contributed by atoms with Crippen molar-refractivity contribution >= 4 is 13.8 Å². The van der Waals surface area contributed by atoms with E-state index in [9.17, 15) is 14.3 Å². The molecular weight excluding hydrogens is 457 g/mol. The lowest BCUT2D eigenvalue weighted by Crippen LogP contribution is -2.42. The number of aliphatic carboxylic acids is 1. The second kappa shape index (κ2) is 14.2. The maximum atomic E-state index is 12.2. The van der Waals surface area contributed by atoms with Crippen molar-refractivity contribution in [3.63, 3.8) is 0 Å². The van der Waals surface area contributed by atoms with Crippen LogP contribution in [0.3, 0.4) is 0 Å². The van der Waals surface area contributed by atoms with Crippen molar-refractivity contribution in [1.82, 2.24) is 0 Å². The first-order valence-corrected chi connectivity index (χ1v) is 13.6. The second-order valence-corrected chi connectivity index (χ2v) is 12.3. The summed E-state index contributed by atoms with van der Waals surface area (Å²) in [6.07, 6.45) is 4.38. The quantitative estimate of drug-likeness (QED) is 0.167. The van der Waals surface area contributed by atoms with E-state index in [0.717, 1.165) is 37.9 Å². The monoisotopic (exact) mass is 502 g/mol. The highest BCUT2D eigenvalue weighted by molar-refractivity contribution is 7.47. The largest absolute Gasteiger partial charge is 0.494 e. The molecule has 0 fully saturated rings. The molecule has 0 spiro atoms. The molecule has 34 heavy (non-hydrogen) atoms. The zero-order valence-electron chi connectivity index (χ0n) is 21.8. The average Bonchev–Trinajstić information content (AvgIpc) is 2.66. The lowest BCUT2D eigenvalue weighted by molar-refractivity contribution is -0.873. The fourth-order valence-electron chi connectivity index (χ4n) is 3.49. The van der Waals surface area contributed by atoms with Gasteiger partial charge in [-0.05, 0) is 36.0 Å². The Morgan fingerprint density at radius 2 is 1.50 bits per heavy atom. The molecule has 0 radical (unpaired) electrons. The number of carboxylic acids is 1. The standard InChI is InChI=1S/C25H44NO7P/c1-25(2,3)21-13-15-22(16-14-21)31-17-11-9-7-8-10-12-18-32-34(29,30)33-23(19-24(27)28)20-26(4,5)6/h13-16,23H,7-12,17-20H2,1-6H3,(H-,27,28,29,30)/p+1/t23-/m1/s1. The van der Waals surface area contributed by atoms with Gasteiger partial charge in [0.25, 0.3) is 0 Å². The van der Waals surface area contributed by atoms with Crippen molar-refractivity contribution in [2.75, 3.05) is 40.9 Å². The van der Waals surface area contributed by atoms with Crippen LogP contribution in [0.25, 0.3) is 0 Å². The van der Waals surface area contributed by atoms with E-state index in [1.54, 1.807) is 0 Å². The maximum absolute atomic E-state index is 12.2. The molecule has 0 saturated heterocycles. The van der Waals surface area contributed by atoms with Gasteiger partial charge in [0.05, 0.1) is 40.8 Å². The molecule has 1 unspecified atom stereocenters. The number of phosphoric ester groups is 1. The van der Waals surface area contributed by atoms with Gasteiger partial charge in [-0.25, -0.2) is 4.57 Å². The number of quaternary nitrogens is 1. The van der Waals surface area contributed by atoms with Crippen molar-refractivity contribution < 1.29 is 37.6 Å². The Hall–Kier alpha value is -1.44. The molecule has 196 valence electrons. The third-order valence-electron chi connectivity index (χ3n) is 5.22. The highest BCUT2D eigenvalue weighted by Crippen LogP contribution is 2.45. The predicted molar refractivity (Wildman–Crippen MR) is 134 cm³/mol. The topological polar surface area (TPSA) is 102 Å². The van der Waals surface area contributed by atoms with Gasteiger partial charge in [-0.15, -0.1) is 0 Å². The summed E-state index contributed by atoms with van der Waals surface area (Å²) in [7, 11) is 1.28. The van der Waals surface area contributed by atoms with Crippen LogP contribution in [0.5, 0.6) is 5.75 Å². The van der Waals surface area contributed by atoms with Crippen LogP contribution in [0.4, 0.5) is 0 Å². The highest BCUT2D eigenvalue weighted by Gasteiger charge is 2.31. The molecule has 0 aliphatic rings. The van der Waals surface area contributed by atoms with Gasteiger partial charge in [0.2, 0.25) is 0 Å². The number of ether oxygens (including phenoxy) is 1. The van der Waals surface area contributed by atoms with Gasteiger partial charge >= 0.3 is 13.8 Å². The molecule has 0 aliphatic carbocycles. The van der Waals surface area contributed by atoms with Crippen LogP contribution in [-0.2, 0) is 23.8 Å². The molecule has 0 aliphatic heterocycles. The summed E-state index contributed by atoms with van der Waals surface area (Å²) >= 11 is 0. The molecular formula is C25H45NO7P+. The number of nitrogens with zero attached hydrogens (tertiary/aromatic N) is 1. The van der Waals surface area contributed by atoms with Gasteiger partial charge in [-0.1, -0.05) is 58.6 Å². The van der Waals surface area contributed by atoms with Gasteiger partial charge in [0, 0.05) is 0 Å². The summed E-state index contributed by atoms with van der Waals surface area (Å²) in [5.41, 5.74) is 1.43. The third-order valence-corrected chi connectivity index (χ3v) is 6.29. The van der Waals surface area contributed by atoms with E-state index in [1.165, 1.54) is 5.56 Å². The van der Waals surface area contributed by atoms with Gasteiger partial charge in [0.1, 0.15) is 18.4 Å². The normalized spacial score (nSPS) is 15.0. The van der Waals surface area contributed by atoms with E-state index in [-0.39, 0.29) is 25.0 Å². The summed E-state index contributed by atoms with van der Waals surface area (Å²) in [5, 5.41) is 9.02. The first kappa shape index (κ1) is 30.6. The molecule has 0 aromatic heterocycles. The maximum Gasteiger partial charge on any atom is 0.472 e. The number of likely N-dealkylation sites (N-methyl/N-ethyl adjacent to an activating group) is 1. The molecule has 9 heteroatoms. The van der Waals surface area contributed by atoms with Gasteiger partial charge < -0.3 is 19.2 Å². The molecule has 0 heterocycles. The van der Waals surface area contributed by atoms with Crippen LogP contribution in [-0.4, -0.2) is 67.5 Å². The minimum absolute atomic E-state index is 0.103. The summed E-state index contributed by atoms with van der Waals surface area (Å²) in [6, 6.07) is 8.28. The van der Waals surface area contributed by atoms with Crippen LogP contribution < -0.4 is 4.74 Å². The molecule has 1 aromatic rings. The van der Waals surface area contributed by atoms with E-state index in [2.05, 4.69) is 32.9 Å². The first-order chi connectivity index (χ1) is 15.7. The molecule has 0 amide bonds. The number of rotatable bonds is 17. The lowest BCUT2D eigenvalue weighted by atomic mass is 9.87. The van der Waals surface area contributed by atoms with Gasteiger partial charge in [0.15, 0.2) is 0 Å². The van der Waals surface area contributed by atoms with Crippen LogP contribution >= 0.6 is 7.82 Å². The Labute approximate surface area is 205 Å². The van der Waals surface area contributed by atoms with Crippen molar-refractivity contribution in [2.45, 2.75) is 77.2 Å². The summed E-state index contributed by atoms with van der Waals surface area (Å²) in [4.78, 5) is 21.0. The fraction of sp³-hybridized carbons (Fsp3) is 0.720. The summed E-state index contributed by atoms with van der Waals surface area (Å²) in [6.45, 7) is 7.65. The van der Waals surface area contributed by atoms with Crippen LogP contribution in [0.2, 0.25) is 0 Å². The summed E-state index contributed by atoms with van der Waals surface area (Å²) in [5.74, 6) is -0.185. The number of hydrogen-bond donors (Lipinski definition) is 2. The molecule has 1 aromatic carbocycles. The van der Waals surface area contributed by atoms with Crippen molar-refractivity contribution in [3.8, 4) is 5.75 Å². The predicted octanol–water partition coefficient (Wildman–Crippen LogP) is 5.39. The van der Waals surface area contributed by atoms with Crippen LogP contribution in [0.1, 0.15) is 71.3 Å². The number of carbonyl (C=O) groups is 1.